The molecule has 1 aromatic carbocycles. The van der Waals surface area contributed by atoms with E-state index in [1.807, 2.05) is 0 Å². The van der Waals surface area contributed by atoms with E-state index in [9.17, 15) is 4.79 Å². The second-order valence-electron chi connectivity index (χ2n) is 8.42. The van der Waals surface area contributed by atoms with Crippen LogP contribution >= 0.6 is 0 Å². The molecule has 10 nitrogen and oxygen atoms in total. The predicted molar refractivity (Wildman–Crippen MR) is 136 cm³/mol. The fourth-order valence-electron chi connectivity index (χ4n) is 4.15. The molecule has 1 aliphatic heterocycles. The predicted octanol–water partition coefficient (Wildman–Crippen LogP) is 3.65. The van der Waals surface area contributed by atoms with E-state index in [1.165, 1.54) is 19.1 Å². The number of carbonyl (C=O) groups is 1. The molecular weight excluding hydrogens is 484 g/mol. The number of urea groups is 1. The maximum absolute atomic E-state index is 15.4. The molecule has 0 unspecified atom stereocenters. The molecule has 0 atom stereocenters. The number of aromatic nitrogens is 3. The first kappa shape index (κ1) is 25.6. The Labute approximate surface area is 212 Å². The van der Waals surface area contributed by atoms with Crippen molar-refractivity contribution in [1.29, 1.82) is 0 Å². The van der Waals surface area contributed by atoms with Crippen LogP contribution in [0.25, 0.3) is 5.57 Å². The summed E-state index contributed by atoms with van der Waals surface area (Å²) in [5, 5.41) is 4.17. The highest BCUT2D eigenvalue weighted by molar-refractivity contribution is 6.11. The van der Waals surface area contributed by atoms with Crippen molar-refractivity contribution in [2.75, 3.05) is 31.1 Å². The molecule has 1 aliphatic rings. The molecule has 0 saturated carbocycles. The van der Waals surface area contributed by atoms with Crippen LogP contribution in [-0.4, -0.2) is 48.3 Å². The molecule has 3 heterocycles. The third-order valence-electron chi connectivity index (χ3n) is 5.92. The van der Waals surface area contributed by atoms with Crippen molar-refractivity contribution in [3.8, 4) is 11.5 Å². The van der Waals surface area contributed by atoms with Crippen LogP contribution in [0, 0.1) is 11.6 Å². The zero-order valence-electron chi connectivity index (χ0n) is 21.1. The van der Waals surface area contributed by atoms with E-state index in [2.05, 4.69) is 15.1 Å². The number of aryl methyl sites for hydroxylation is 1. The van der Waals surface area contributed by atoms with Crippen LogP contribution in [0.15, 0.2) is 41.4 Å². The van der Waals surface area contributed by atoms with Crippen LogP contribution in [0.2, 0.25) is 0 Å². The Kier molecular flexibility index (Phi) is 7.09. The number of nitrogens with zero attached hydrogens (tertiary/aromatic N) is 6. The number of pyridine rings is 1. The summed E-state index contributed by atoms with van der Waals surface area (Å²) in [6, 6.07) is 2.16. The van der Waals surface area contributed by atoms with Gasteiger partial charge in [-0.2, -0.15) is 5.10 Å². The number of nitrogens with two attached hydrogens (primary N) is 1. The quantitative estimate of drug-likeness (QED) is 0.485. The number of fused-ring (bicyclic) bond motifs is 1. The van der Waals surface area contributed by atoms with E-state index in [0.29, 0.717) is 33.8 Å². The number of allylic oxidation sites excluding steroid dienone is 2. The highest BCUT2D eigenvalue weighted by atomic mass is 19.1. The minimum absolute atomic E-state index is 0.0898. The third kappa shape index (κ3) is 4.69. The molecule has 0 spiro atoms. The molecule has 3 aromatic rings. The van der Waals surface area contributed by atoms with Gasteiger partial charge in [-0.1, -0.05) is 0 Å². The summed E-state index contributed by atoms with van der Waals surface area (Å²) in [5.41, 5.74) is 8.86. The normalized spacial score (nSPS) is 14.2. The first-order valence-electron chi connectivity index (χ1n) is 11.2. The minimum atomic E-state index is -1.02. The van der Waals surface area contributed by atoms with Crippen LogP contribution in [0.3, 0.4) is 0 Å². The number of ether oxygens (including phenoxy) is 2. The standard InChI is InChI=1S/C25H27F2N7O3/c1-14(28)17(10-29-2)18-6-19-16(9-30-18)13-34(25(35)33(19)12-15-8-31-32(3)11-15)24-22(26)20(36-4)7-21(37-5)23(24)27/h6-11H,12-13,28H2,1-5H3. The Hall–Kier alpha value is -4.48. The first-order valence-corrected chi connectivity index (χ1v) is 11.2. The summed E-state index contributed by atoms with van der Waals surface area (Å²) < 4.78 is 42.5. The number of aliphatic imine (C=N–C) groups is 1. The molecule has 0 bridgehead atoms. The van der Waals surface area contributed by atoms with Gasteiger partial charge in [0.15, 0.2) is 23.1 Å². The summed E-state index contributed by atoms with van der Waals surface area (Å²) >= 11 is 0. The summed E-state index contributed by atoms with van der Waals surface area (Å²) in [7, 11) is 5.86. The van der Waals surface area contributed by atoms with Gasteiger partial charge >= 0.3 is 6.03 Å². The molecule has 0 saturated heterocycles. The molecule has 0 aliphatic carbocycles. The Morgan fingerprint density at radius 1 is 1.19 bits per heavy atom. The van der Waals surface area contributed by atoms with Crippen LogP contribution < -0.4 is 25.0 Å². The highest BCUT2D eigenvalue weighted by Gasteiger charge is 2.37. The zero-order chi connectivity index (χ0) is 26.9. The molecule has 2 N–H and O–H groups in total. The van der Waals surface area contributed by atoms with Crippen molar-refractivity contribution in [2.45, 2.75) is 20.0 Å². The summed E-state index contributed by atoms with van der Waals surface area (Å²) in [6.45, 7) is 1.67. The monoisotopic (exact) mass is 511 g/mol. The van der Waals surface area contributed by atoms with E-state index in [0.717, 1.165) is 11.0 Å². The molecule has 37 heavy (non-hydrogen) atoms. The van der Waals surface area contributed by atoms with Gasteiger partial charge in [-0.3, -0.25) is 24.5 Å². The van der Waals surface area contributed by atoms with E-state index in [1.54, 1.807) is 56.6 Å². The number of hydrogen-bond acceptors (Lipinski definition) is 7. The van der Waals surface area contributed by atoms with E-state index < -0.39 is 23.4 Å². The average molecular weight is 512 g/mol. The Balaban J connectivity index is 1.90. The number of benzene rings is 1. The van der Waals surface area contributed by atoms with Crippen molar-refractivity contribution in [2.24, 2.45) is 17.8 Å². The smallest absolute Gasteiger partial charge is 0.329 e. The number of methoxy groups -OCH3 is 2. The van der Waals surface area contributed by atoms with Crippen LogP contribution in [0.1, 0.15) is 23.7 Å². The average Bonchev–Trinajstić information content (AvgIpc) is 3.29. The molecule has 0 fully saturated rings. The van der Waals surface area contributed by atoms with E-state index in [-0.39, 0.29) is 24.6 Å². The lowest BCUT2D eigenvalue weighted by atomic mass is 10.0. The lowest BCUT2D eigenvalue weighted by Gasteiger charge is -2.37. The molecule has 2 aromatic heterocycles. The lowest BCUT2D eigenvalue weighted by molar-refractivity contribution is 0.249. The number of rotatable bonds is 7. The largest absolute Gasteiger partial charge is 0.493 e. The number of carbonyl (C=O) groups excluding carboxylic acids is 1. The van der Waals surface area contributed by atoms with Gasteiger partial charge in [-0.05, 0) is 13.0 Å². The van der Waals surface area contributed by atoms with Crippen LogP contribution in [0.5, 0.6) is 11.5 Å². The number of anilines is 2. The molecule has 194 valence electrons. The topological polar surface area (TPSA) is 111 Å². The lowest BCUT2D eigenvalue weighted by Crippen LogP contribution is -2.47. The van der Waals surface area contributed by atoms with Gasteiger partial charge in [0, 0.05) is 61.2 Å². The highest BCUT2D eigenvalue weighted by Crippen LogP contribution is 2.41. The summed E-state index contributed by atoms with van der Waals surface area (Å²) in [5.74, 6) is -2.56. The maximum Gasteiger partial charge on any atom is 0.329 e. The second kappa shape index (κ2) is 10.2. The van der Waals surface area contributed by atoms with Gasteiger partial charge in [-0.15, -0.1) is 0 Å². The minimum Gasteiger partial charge on any atom is -0.493 e. The van der Waals surface area contributed by atoms with Gasteiger partial charge in [-0.25, -0.2) is 13.6 Å². The zero-order valence-corrected chi connectivity index (χ0v) is 21.1. The van der Waals surface area contributed by atoms with Gasteiger partial charge < -0.3 is 15.2 Å². The third-order valence-corrected chi connectivity index (χ3v) is 5.92. The number of halogens is 2. The molecular formula is C25H27F2N7O3. The van der Waals surface area contributed by atoms with E-state index in [4.69, 9.17) is 15.2 Å². The molecule has 12 heteroatoms. The second-order valence-corrected chi connectivity index (χ2v) is 8.42. The fraction of sp³-hybridized carbons (Fsp3) is 0.280. The fourth-order valence-corrected chi connectivity index (χ4v) is 4.15. The number of hydrogen-bond donors (Lipinski definition) is 1. The van der Waals surface area contributed by atoms with Crippen molar-refractivity contribution in [1.82, 2.24) is 14.8 Å². The molecule has 2 amide bonds. The van der Waals surface area contributed by atoms with E-state index >= 15 is 8.78 Å². The van der Waals surface area contributed by atoms with Gasteiger partial charge in [0.2, 0.25) is 0 Å². The van der Waals surface area contributed by atoms with Crippen LogP contribution in [-0.2, 0) is 20.1 Å². The van der Waals surface area contributed by atoms with Crippen molar-refractivity contribution >= 4 is 29.2 Å². The maximum atomic E-state index is 15.4. The van der Waals surface area contributed by atoms with Crippen molar-refractivity contribution in [3.05, 3.63) is 64.9 Å². The van der Waals surface area contributed by atoms with Crippen molar-refractivity contribution < 1.29 is 23.0 Å². The van der Waals surface area contributed by atoms with Gasteiger partial charge in [0.05, 0.1) is 44.9 Å². The van der Waals surface area contributed by atoms with Crippen LogP contribution in [0.4, 0.5) is 25.0 Å². The van der Waals surface area contributed by atoms with Gasteiger partial charge in [0.1, 0.15) is 5.69 Å². The molecule has 4 rings (SSSR count). The summed E-state index contributed by atoms with van der Waals surface area (Å²) in [4.78, 5) is 24.8. The molecule has 0 radical (unpaired) electrons. The summed E-state index contributed by atoms with van der Waals surface area (Å²) in [6.07, 6.45) is 6.51. The first-order chi connectivity index (χ1) is 17.7. The Bertz CT molecular complexity index is 1390. The Morgan fingerprint density at radius 2 is 1.86 bits per heavy atom. The Morgan fingerprint density at radius 3 is 2.41 bits per heavy atom. The SMILES string of the molecule is CN=CC(=C(C)N)c1cc2c(cn1)CN(c1c(F)c(OC)cc(OC)c1F)C(=O)N2Cc1cnn(C)c1. The van der Waals surface area contributed by atoms with Gasteiger partial charge in [0.25, 0.3) is 0 Å². The number of amides is 2. The van der Waals surface area contributed by atoms with Crippen molar-refractivity contribution in [3.63, 3.8) is 0 Å².